The minimum atomic E-state index is -0.112. The molecule has 0 spiro atoms. The molecule has 0 fully saturated rings. The van der Waals surface area contributed by atoms with E-state index < -0.39 is 0 Å². The molecule has 0 radical (unpaired) electrons. The quantitative estimate of drug-likeness (QED) is 0.647. The third kappa shape index (κ3) is 2.55. The Morgan fingerprint density at radius 3 is 2.59 bits per heavy atom. The Morgan fingerprint density at radius 2 is 1.91 bits per heavy atom. The van der Waals surface area contributed by atoms with Gasteiger partial charge in [-0.05, 0) is 44.2 Å². The van der Waals surface area contributed by atoms with Gasteiger partial charge in [0.25, 0.3) is 5.91 Å². The van der Waals surface area contributed by atoms with Gasteiger partial charge < -0.3 is 9.32 Å². The number of hydrogen-bond acceptors (Lipinski definition) is 2. The fraction of sp³-hybridized carbons (Fsp3) is 0.167. The molecule has 3 aromatic rings. The average molecular weight is 358 g/mol. The fourth-order valence-electron chi connectivity index (χ4n) is 2.57. The summed E-state index contributed by atoms with van der Waals surface area (Å²) in [6, 6.07) is 15.4. The van der Waals surface area contributed by atoms with Gasteiger partial charge in [0.2, 0.25) is 0 Å². The van der Waals surface area contributed by atoms with Crippen molar-refractivity contribution in [1.29, 1.82) is 0 Å². The zero-order valence-electron chi connectivity index (χ0n) is 12.5. The zero-order chi connectivity index (χ0) is 15.7. The smallest absolute Gasteiger partial charge is 0.294 e. The van der Waals surface area contributed by atoms with Crippen molar-refractivity contribution in [2.45, 2.75) is 13.8 Å². The summed E-state index contributed by atoms with van der Waals surface area (Å²) >= 11 is 3.46. The molecule has 3 nitrogen and oxygen atoms in total. The first kappa shape index (κ1) is 14.9. The molecule has 1 aromatic heterocycles. The summed E-state index contributed by atoms with van der Waals surface area (Å²) < 4.78 is 6.78. The van der Waals surface area contributed by atoms with Crippen LogP contribution in [0.25, 0.3) is 11.0 Å². The number of anilines is 1. The van der Waals surface area contributed by atoms with E-state index in [-0.39, 0.29) is 5.91 Å². The molecule has 1 heterocycles. The second kappa shape index (κ2) is 5.97. The molecule has 0 N–H and O–H groups in total. The molecule has 0 aliphatic heterocycles. The molecule has 1 amide bonds. The van der Waals surface area contributed by atoms with Gasteiger partial charge in [-0.25, -0.2) is 0 Å². The highest BCUT2D eigenvalue weighted by Gasteiger charge is 2.23. The average Bonchev–Trinajstić information content (AvgIpc) is 2.86. The number of nitrogens with zero attached hydrogens (tertiary/aromatic N) is 1. The van der Waals surface area contributed by atoms with Gasteiger partial charge in [0.05, 0.1) is 0 Å². The highest BCUT2D eigenvalue weighted by molar-refractivity contribution is 9.10. The number of aryl methyl sites for hydroxylation is 1. The maximum absolute atomic E-state index is 12.9. The van der Waals surface area contributed by atoms with E-state index in [2.05, 4.69) is 15.9 Å². The molecule has 0 aliphatic rings. The largest absolute Gasteiger partial charge is 0.451 e. The van der Waals surface area contributed by atoms with Crippen molar-refractivity contribution in [3.8, 4) is 0 Å². The Hall–Kier alpha value is -2.07. The summed E-state index contributed by atoms with van der Waals surface area (Å²) in [5.74, 6) is 0.289. The maximum Gasteiger partial charge on any atom is 0.294 e. The van der Waals surface area contributed by atoms with Crippen molar-refractivity contribution in [2.75, 3.05) is 11.4 Å². The molecule has 4 heteroatoms. The minimum absolute atomic E-state index is 0.112. The van der Waals surface area contributed by atoms with Crippen LogP contribution in [-0.4, -0.2) is 12.5 Å². The van der Waals surface area contributed by atoms with E-state index >= 15 is 0 Å². The van der Waals surface area contributed by atoms with Crippen LogP contribution in [0.3, 0.4) is 0 Å². The number of furan rings is 1. The Balaban J connectivity index is 2.06. The highest BCUT2D eigenvalue weighted by atomic mass is 79.9. The van der Waals surface area contributed by atoms with Crippen LogP contribution in [0, 0.1) is 6.92 Å². The molecule has 2 aromatic carbocycles. The van der Waals surface area contributed by atoms with Crippen molar-refractivity contribution in [2.24, 2.45) is 0 Å². The Kier molecular flexibility index (Phi) is 4.03. The van der Waals surface area contributed by atoms with Crippen molar-refractivity contribution in [3.63, 3.8) is 0 Å². The summed E-state index contributed by atoms with van der Waals surface area (Å²) in [5, 5.41) is 0.960. The van der Waals surface area contributed by atoms with Crippen LogP contribution in [0.1, 0.15) is 23.0 Å². The van der Waals surface area contributed by atoms with E-state index in [1.165, 1.54) is 0 Å². The maximum atomic E-state index is 12.9. The second-order valence-electron chi connectivity index (χ2n) is 5.08. The number of fused-ring (bicyclic) bond motifs is 1. The lowest BCUT2D eigenvalue weighted by atomic mass is 10.1. The van der Waals surface area contributed by atoms with Gasteiger partial charge >= 0.3 is 0 Å². The number of rotatable bonds is 3. The third-order valence-electron chi connectivity index (χ3n) is 3.72. The molecule has 0 unspecified atom stereocenters. The number of carbonyl (C=O) groups excluding carboxylic acids is 1. The number of hydrogen-bond donors (Lipinski definition) is 0. The third-order valence-corrected chi connectivity index (χ3v) is 4.21. The summed E-state index contributed by atoms with van der Waals surface area (Å²) in [7, 11) is 0. The monoisotopic (exact) mass is 357 g/mol. The molecule has 112 valence electrons. The van der Waals surface area contributed by atoms with Gasteiger partial charge in [0.15, 0.2) is 5.76 Å². The van der Waals surface area contributed by atoms with Crippen LogP contribution in [0.4, 0.5) is 5.69 Å². The van der Waals surface area contributed by atoms with Crippen LogP contribution >= 0.6 is 15.9 Å². The number of para-hydroxylation sites is 1. The van der Waals surface area contributed by atoms with E-state index in [0.29, 0.717) is 12.3 Å². The lowest BCUT2D eigenvalue weighted by Crippen LogP contribution is -2.30. The zero-order valence-corrected chi connectivity index (χ0v) is 14.1. The molecule has 0 atom stereocenters. The second-order valence-corrected chi connectivity index (χ2v) is 6.00. The summed E-state index contributed by atoms with van der Waals surface area (Å²) in [5.41, 5.74) is 2.47. The first-order valence-electron chi connectivity index (χ1n) is 7.17. The van der Waals surface area contributed by atoms with Crippen LogP contribution in [0.2, 0.25) is 0 Å². The highest BCUT2D eigenvalue weighted by Crippen LogP contribution is 2.29. The van der Waals surface area contributed by atoms with E-state index in [4.69, 9.17) is 4.42 Å². The van der Waals surface area contributed by atoms with Gasteiger partial charge in [-0.3, -0.25) is 4.79 Å². The van der Waals surface area contributed by atoms with Crippen LogP contribution in [-0.2, 0) is 0 Å². The van der Waals surface area contributed by atoms with Crippen molar-refractivity contribution in [1.82, 2.24) is 0 Å². The fourth-order valence-corrected chi connectivity index (χ4v) is 2.93. The molecule has 3 rings (SSSR count). The normalized spacial score (nSPS) is 10.9. The summed E-state index contributed by atoms with van der Waals surface area (Å²) in [6.07, 6.45) is 0. The van der Waals surface area contributed by atoms with Crippen molar-refractivity contribution >= 4 is 38.5 Å². The summed E-state index contributed by atoms with van der Waals surface area (Å²) in [4.78, 5) is 14.6. The van der Waals surface area contributed by atoms with Crippen LogP contribution in [0.5, 0.6) is 0 Å². The Labute approximate surface area is 137 Å². The molecule has 0 bridgehead atoms. The van der Waals surface area contributed by atoms with Crippen molar-refractivity contribution < 1.29 is 9.21 Å². The van der Waals surface area contributed by atoms with Crippen LogP contribution < -0.4 is 4.90 Å². The number of benzene rings is 2. The minimum Gasteiger partial charge on any atom is -0.451 e. The predicted molar refractivity (Wildman–Crippen MR) is 92.4 cm³/mol. The van der Waals surface area contributed by atoms with Gasteiger partial charge in [0, 0.05) is 27.7 Å². The van der Waals surface area contributed by atoms with Crippen molar-refractivity contribution in [3.05, 3.63) is 64.3 Å². The number of amides is 1. The van der Waals surface area contributed by atoms with E-state index in [1.54, 1.807) is 4.90 Å². The molecule has 0 saturated heterocycles. The van der Waals surface area contributed by atoms with E-state index in [0.717, 1.165) is 26.7 Å². The van der Waals surface area contributed by atoms with Gasteiger partial charge in [0.1, 0.15) is 5.58 Å². The SMILES string of the molecule is CCN(C(=O)c1oc2ccc(Br)cc2c1C)c1ccccc1. The molecular formula is C18H16BrNO2. The molecule has 0 aliphatic carbocycles. The van der Waals surface area contributed by atoms with Gasteiger partial charge in [-0.1, -0.05) is 34.1 Å². The predicted octanol–water partition coefficient (Wildman–Crippen LogP) is 5.17. The first-order valence-corrected chi connectivity index (χ1v) is 7.96. The lowest BCUT2D eigenvalue weighted by Gasteiger charge is -2.20. The van der Waals surface area contributed by atoms with E-state index in [1.807, 2.05) is 62.4 Å². The number of halogens is 1. The van der Waals surface area contributed by atoms with Gasteiger partial charge in [-0.15, -0.1) is 0 Å². The Bertz CT molecular complexity index is 824. The topological polar surface area (TPSA) is 33.5 Å². The lowest BCUT2D eigenvalue weighted by molar-refractivity contribution is 0.0963. The number of carbonyl (C=O) groups is 1. The first-order chi connectivity index (χ1) is 10.6. The molecular weight excluding hydrogens is 342 g/mol. The molecule has 22 heavy (non-hydrogen) atoms. The van der Waals surface area contributed by atoms with Gasteiger partial charge in [-0.2, -0.15) is 0 Å². The van der Waals surface area contributed by atoms with E-state index in [9.17, 15) is 4.79 Å². The Morgan fingerprint density at radius 1 is 1.18 bits per heavy atom. The standard InChI is InChI=1S/C18H16BrNO2/c1-3-20(14-7-5-4-6-8-14)18(21)17-12(2)15-11-13(19)9-10-16(15)22-17/h4-11H,3H2,1-2H3. The summed E-state index contributed by atoms with van der Waals surface area (Å²) in [6.45, 7) is 4.47. The molecule has 0 saturated carbocycles. The van der Waals surface area contributed by atoms with Crippen LogP contribution in [0.15, 0.2) is 57.4 Å².